The Labute approximate surface area is 222 Å². The maximum atomic E-state index is 13.0. The van der Waals surface area contributed by atoms with Crippen LogP contribution in [0.5, 0.6) is 17.2 Å². The van der Waals surface area contributed by atoms with Gasteiger partial charge in [-0.15, -0.1) is 0 Å². The minimum absolute atomic E-state index is 0.135. The van der Waals surface area contributed by atoms with Gasteiger partial charge in [-0.3, -0.25) is 9.69 Å². The fourth-order valence-corrected chi connectivity index (χ4v) is 5.40. The number of nitrogens with zero attached hydrogens (tertiary/aromatic N) is 1. The van der Waals surface area contributed by atoms with Crippen LogP contribution in [-0.4, -0.2) is 30.6 Å². The van der Waals surface area contributed by atoms with Crippen molar-refractivity contribution in [2.24, 2.45) is 0 Å². The van der Waals surface area contributed by atoms with E-state index in [1.54, 1.807) is 12.0 Å². The predicted octanol–water partition coefficient (Wildman–Crippen LogP) is 6.47. The Morgan fingerprint density at radius 3 is 2.44 bits per heavy atom. The molecule has 0 bridgehead atoms. The second kappa shape index (κ2) is 11.2. The monoisotopic (exact) mass is 603 g/mol. The van der Waals surface area contributed by atoms with Crippen molar-refractivity contribution in [2.75, 3.05) is 25.2 Å². The van der Waals surface area contributed by atoms with Crippen molar-refractivity contribution >= 4 is 68.6 Å². The molecule has 4 rings (SSSR count). The normalized spacial score (nSPS) is 14.6. The molecule has 1 amide bonds. The minimum Gasteiger partial charge on any atom is -0.493 e. The summed E-state index contributed by atoms with van der Waals surface area (Å²) in [5.41, 5.74) is 2.78. The molecule has 3 aromatic rings. The number of aryl methyl sites for hydroxylation is 1. The van der Waals surface area contributed by atoms with Gasteiger partial charge in [0.05, 0.1) is 21.3 Å². The first kappa shape index (κ1) is 24.6. The van der Waals surface area contributed by atoms with Gasteiger partial charge >= 0.3 is 0 Å². The molecule has 34 heavy (non-hydrogen) atoms. The molecule has 0 aromatic heterocycles. The van der Waals surface area contributed by atoms with Crippen molar-refractivity contribution in [1.82, 2.24) is 0 Å². The number of methoxy groups -OCH3 is 1. The molecule has 1 fully saturated rings. The summed E-state index contributed by atoms with van der Waals surface area (Å²) < 4.78 is 18.7. The van der Waals surface area contributed by atoms with E-state index in [4.69, 9.17) is 26.4 Å². The topological polar surface area (TPSA) is 48.0 Å². The number of amides is 1. The Morgan fingerprint density at radius 2 is 1.74 bits per heavy atom. The average molecular weight is 604 g/mol. The van der Waals surface area contributed by atoms with Crippen molar-refractivity contribution in [3.63, 3.8) is 0 Å². The fraction of sp³-hybridized carbons (Fsp3) is 0.154. The van der Waals surface area contributed by atoms with Crippen LogP contribution in [0.4, 0.5) is 5.69 Å². The maximum absolute atomic E-state index is 13.0. The zero-order valence-corrected chi connectivity index (χ0v) is 22.4. The Bertz CT molecular complexity index is 1230. The first-order valence-corrected chi connectivity index (χ1v) is 12.8. The summed E-state index contributed by atoms with van der Waals surface area (Å²) in [6.45, 7) is 2.82. The molecule has 1 aliphatic rings. The number of para-hydroxylation sites is 1. The first-order chi connectivity index (χ1) is 16.5. The number of thioether (sulfide) groups is 1. The van der Waals surface area contributed by atoms with Gasteiger partial charge in [0.25, 0.3) is 5.91 Å². The van der Waals surface area contributed by atoms with E-state index < -0.39 is 0 Å². The summed E-state index contributed by atoms with van der Waals surface area (Å²) in [4.78, 5) is 15.1. The highest BCUT2D eigenvalue weighted by Crippen LogP contribution is 2.38. The van der Waals surface area contributed by atoms with Crippen LogP contribution in [0.1, 0.15) is 11.1 Å². The smallest absolute Gasteiger partial charge is 0.270 e. The van der Waals surface area contributed by atoms with Crippen molar-refractivity contribution < 1.29 is 19.0 Å². The van der Waals surface area contributed by atoms with Gasteiger partial charge in [-0.1, -0.05) is 59.9 Å². The molecule has 0 saturated carbocycles. The van der Waals surface area contributed by atoms with Gasteiger partial charge in [0.2, 0.25) is 0 Å². The quantitative estimate of drug-likeness (QED) is 0.127. The highest BCUT2D eigenvalue weighted by molar-refractivity contribution is 14.1. The van der Waals surface area contributed by atoms with Crippen LogP contribution in [0.15, 0.2) is 71.6 Å². The molecule has 0 radical (unpaired) electrons. The molecule has 0 aliphatic carbocycles. The zero-order chi connectivity index (χ0) is 24.1. The van der Waals surface area contributed by atoms with Crippen LogP contribution in [0.2, 0.25) is 0 Å². The van der Waals surface area contributed by atoms with Crippen LogP contribution in [0.25, 0.3) is 6.08 Å². The number of ether oxygens (including phenoxy) is 3. The summed E-state index contributed by atoms with van der Waals surface area (Å²) in [6.07, 6.45) is 1.83. The van der Waals surface area contributed by atoms with E-state index in [1.807, 2.05) is 79.7 Å². The molecular weight excluding hydrogens is 581 g/mol. The van der Waals surface area contributed by atoms with E-state index >= 15 is 0 Å². The minimum atomic E-state index is -0.135. The van der Waals surface area contributed by atoms with Gasteiger partial charge in [0.15, 0.2) is 15.8 Å². The van der Waals surface area contributed by atoms with E-state index in [9.17, 15) is 4.79 Å². The van der Waals surface area contributed by atoms with E-state index in [0.29, 0.717) is 33.9 Å². The second-order valence-electron chi connectivity index (χ2n) is 7.40. The zero-order valence-electron chi connectivity index (χ0n) is 18.6. The van der Waals surface area contributed by atoms with Gasteiger partial charge < -0.3 is 14.2 Å². The van der Waals surface area contributed by atoms with Crippen LogP contribution in [0, 0.1) is 10.5 Å². The lowest BCUT2D eigenvalue weighted by molar-refractivity contribution is -0.113. The SMILES string of the molecule is COc1cc(/C=C2\SC(=S)N(c3ccccc3)C2=O)cc(I)c1OCCOc1ccc(C)cc1. The van der Waals surface area contributed by atoms with Crippen LogP contribution in [0.3, 0.4) is 0 Å². The molecule has 1 aliphatic heterocycles. The number of rotatable bonds is 8. The van der Waals surface area contributed by atoms with Crippen LogP contribution < -0.4 is 19.1 Å². The average Bonchev–Trinajstić information content (AvgIpc) is 3.11. The highest BCUT2D eigenvalue weighted by atomic mass is 127. The fourth-order valence-electron chi connectivity index (χ4n) is 3.32. The number of carbonyl (C=O) groups excluding carboxylic acids is 1. The number of halogens is 1. The summed E-state index contributed by atoms with van der Waals surface area (Å²) >= 11 is 8.95. The van der Waals surface area contributed by atoms with Gasteiger partial charge in [0, 0.05) is 0 Å². The standard InChI is InChI=1S/C26H22INO4S2/c1-17-8-10-20(11-9-17)31-12-13-32-24-21(27)14-18(15-22(24)30-2)16-23-25(29)28(26(33)34-23)19-6-4-3-5-7-19/h3-11,14-16H,12-13H2,1-2H3/b23-16-. The highest BCUT2D eigenvalue weighted by Gasteiger charge is 2.33. The molecule has 174 valence electrons. The van der Waals surface area contributed by atoms with Gasteiger partial charge in [0.1, 0.15) is 19.0 Å². The molecule has 8 heteroatoms. The maximum Gasteiger partial charge on any atom is 0.270 e. The van der Waals surface area contributed by atoms with Crippen LogP contribution in [-0.2, 0) is 4.79 Å². The third-order valence-corrected chi connectivity index (χ3v) is 7.08. The second-order valence-corrected chi connectivity index (χ2v) is 10.2. The summed E-state index contributed by atoms with van der Waals surface area (Å²) in [5.74, 6) is 1.90. The van der Waals surface area contributed by atoms with Crippen LogP contribution >= 0.6 is 46.6 Å². The molecule has 0 N–H and O–H groups in total. The van der Waals surface area contributed by atoms with Crippen molar-refractivity contribution in [1.29, 1.82) is 0 Å². The van der Waals surface area contributed by atoms with Crippen molar-refractivity contribution in [2.45, 2.75) is 6.92 Å². The van der Waals surface area contributed by atoms with E-state index in [0.717, 1.165) is 20.6 Å². The summed E-state index contributed by atoms with van der Waals surface area (Å²) in [5, 5.41) is 0. The number of hydrogen-bond donors (Lipinski definition) is 0. The molecule has 1 heterocycles. The lowest BCUT2D eigenvalue weighted by Gasteiger charge is -2.14. The van der Waals surface area contributed by atoms with Crippen molar-refractivity contribution in [3.8, 4) is 17.2 Å². The Morgan fingerprint density at radius 1 is 1.03 bits per heavy atom. The lowest BCUT2D eigenvalue weighted by Crippen LogP contribution is -2.27. The lowest BCUT2D eigenvalue weighted by atomic mass is 10.1. The van der Waals surface area contributed by atoms with E-state index in [2.05, 4.69) is 22.6 Å². The predicted molar refractivity (Wildman–Crippen MR) is 150 cm³/mol. The van der Waals surface area contributed by atoms with Gasteiger partial charge in [-0.25, -0.2) is 0 Å². The van der Waals surface area contributed by atoms with E-state index in [-0.39, 0.29) is 5.91 Å². The van der Waals surface area contributed by atoms with Crippen molar-refractivity contribution in [3.05, 3.63) is 86.3 Å². The Hall–Kier alpha value is -2.56. The third kappa shape index (κ3) is 5.73. The Balaban J connectivity index is 1.46. The van der Waals surface area contributed by atoms with E-state index in [1.165, 1.54) is 17.3 Å². The van der Waals surface area contributed by atoms with Gasteiger partial charge in [-0.05, 0) is 77.6 Å². The number of thiocarbonyl (C=S) groups is 1. The number of hydrogen-bond acceptors (Lipinski definition) is 6. The molecular formula is C26H22INO4S2. The number of anilines is 1. The summed E-state index contributed by atoms with van der Waals surface area (Å²) in [6, 6.07) is 21.1. The molecule has 5 nitrogen and oxygen atoms in total. The number of benzene rings is 3. The first-order valence-electron chi connectivity index (χ1n) is 10.5. The van der Waals surface area contributed by atoms with Gasteiger partial charge in [-0.2, -0.15) is 0 Å². The largest absolute Gasteiger partial charge is 0.493 e. The third-order valence-electron chi connectivity index (χ3n) is 4.98. The molecule has 0 spiro atoms. The molecule has 3 aromatic carbocycles. The molecule has 0 unspecified atom stereocenters. The molecule has 1 saturated heterocycles. The Kier molecular flexibility index (Phi) is 8.12. The summed E-state index contributed by atoms with van der Waals surface area (Å²) in [7, 11) is 1.60. The molecule has 0 atom stereocenters. The number of carbonyl (C=O) groups is 1.